The summed E-state index contributed by atoms with van der Waals surface area (Å²) in [4.78, 5) is 24.6. The first-order chi connectivity index (χ1) is 14.9. The maximum atomic E-state index is 13.2. The lowest BCUT2D eigenvalue weighted by Gasteiger charge is -2.35. The fourth-order valence-electron chi connectivity index (χ4n) is 4.44. The average Bonchev–Trinajstić information content (AvgIpc) is 2.75. The first-order valence-electron chi connectivity index (χ1n) is 11.2. The van der Waals surface area contributed by atoms with Crippen LogP contribution in [0.3, 0.4) is 0 Å². The molecule has 2 heterocycles. The SMILES string of the molecule is CC(C)(CN1CCOCC1)NC(=O)c1cccc2cnc(N[C@H]3CC[C@H](O)CC3)nc12. The number of fused-ring (bicyclic) bond motifs is 1. The Hall–Kier alpha value is -2.29. The Balaban J connectivity index is 1.48. The number of carbonyl (C=O) groups excluding carboxylic acids is 1. The largest absolute Gasteiger partial charge is 0.393 e. The average molecular weight is 428 g/mol. The van der Waals surface area contributed by atoms with Crippen LogP contribution in [0.15, 0.2) is 24.4 Å². The molecule has 1 aromatic carbocycles. The van der Waals surface area contributed by atoms with Crippen molar-refractivity contribution in [1.29, 1.82) is 0 Å². The predicted molar refractivity (Wildman–Crippen MR) is 120 cm³/mol. The van der Waals surface area contributed by atoms with E-state index in [0.717, 1.165) is 63.9 Å². The van der Waals surface area contributed by atoms with Gasteiger partial charge in [-0.15, -0.1) is 0 Å². The van der Waals surface area contributed by atoms with Gasteiger partial charge in [-0.25, -0.2) is 9.97 Å². The highest BCUT2D eigenvalue weighted by Crippen LogP contribution is 2.23. The molecule has 8 nitrogen and oxygen atoms in total. The topological polar surface area (TPSA) is 99.6 Å². The van der Waals surface area contributed by atoms with Crippen LogP contribution in [0.5, 0.6) is 0 Å². The van der Waals surface area contributed by atoms with Gasteiger partial charge >= 0.3 is 0 Å². The highest BCUT2D eigenvalue weighted by Gasteiger charge is 2.26. The van der Waals surface area contributed by atoms with Gasteiger partial charge in [-0.1, -0.05) is 12.1 Å². The lowest BCUT2D eigenvalue weighted by molar-refractivity contribution is 0.0269. The number of hydrogen-bond acceptors (Lipinski definition) is 7. The zero-order chi connectivity index (χ0) is 21.8. The number of aliphatic hydroxyl groups excluding tert-OH is 1. The summed E-state index contributed by atoms with van der Waals surface area (Å²) < 4.78 is 5.42. The molecule has 2 fully saturated rings. The van der Waals surface area contributed by atoms with Crippen LogP contribution in [0, 0.1) is 0 Å². The van der Waals surface area contributed by atoms with Gasteiger partial charge < -0.3 is 20.5 Å². The van der Waals surface area contributed by atoms with E-state index in [0.29, 0.717) is 17.0 Å². The van der Waals surface area contributed by atoms with Crippen molar-refractivity contribution in [3.63, 3.8) is 0 Å². The third-order valence-corrected chi connectivity index (χ3v) is 6.06. The first kappa shape index (κ1) is 21.9. The molecule has 0 radical (unpaired) electrons. The summed E-state index contributed by atoms with van der Waals surface area (Å²) in [6.07, 6.45) is 4.92. The van der Waals surface area contributed by atoms with Crippen LogP contribution in [0.25, 0.3) is 10.9 Å². The van der Waals surface area contributed by atoms with Gasteiger partial charge in [0.1, 0.15) is 0 Å². The summed E-state index contributed by atoms with van der Waals surface area (Å²) in [5, 5.41) is 17.1. The van der Waals surface area contributed by atoms with Crippen LogP contribution in [-0.4, -0.2) is 76.4 Å². The number of aromatic nitrogens is 2. The molecular formula is C23H33N5O3. The molecule has 31 heavy (non-hydrogen) atoms. The summed E-state index contributed by atoms with van der Waals surface area (Å²) >= 11 is 0. The number of anilines is 1. The first-order valence-corrected chi connectivity index (χ1v) is 11.2. The molecule has 1 aliphatic heterocycles. The van der Waals surface area contributed by atoms with E-state index in [-0.39, 0.29) is 23.6 Å². The number of nitrogens with zero attached hydrogens (tertiary/aromatic N) is 3. The number of benzene rings is 1. The van der Waals surface area contributed by atoms with Crippen molar-refractivity contribution in [2.75, 3.05) is 38.2 Å². The van der Waals surface area contributed by atoms with Crippen molar-refractivity contribution in [3.8, 4) is 0 Å². The summed E-state index contributed by atoms with van der Waals surface area (Å²) in [7, 11) is 0. The number of amides is 1. The third kappa shape index (κ3) is 5.70. The summed E-state index contributed by atoms with van der Waals surface area (Å²) in [5.74, 6) is 0.399. The number of aliphatic hydroxyl groups is 1. The maximum Gasteiger partial charge on any atom is 0.253 e. The molecule has 0 unspecified atom stereocenters. The molecule has 1 saturated carbocycles. The maximum absolute atomic E-state index is 13.2. The number of ether oxygens (including phenoxy) is 1. The minimum atomic E-state index is -0.381. The van der Waals surface area contributed by atoms with E-state index >= 15 is 0 Å². The molecule has 2 aliphatic rings. The van der Waals surface area contributed by atoms with Gasteiger partial charge in [0.25, 0.3) is 5.91 Å². The number of nitrogens with one attached hydrogen (secondary N) is 2. The van der Waals surface area contributed by atoms with E-state index in [4.69, 9.17) is 4.74 Å². The molecule has 2 aromatic rings. The minimum Gasteiger partial charge on any atom is -0.393 e. The lowest BCUT2D eigenvalue weighted by atomic mass is 9.93. The van der Waals surface area contributed by atoms with Gasteiger partial charge in [0.15, 0.2) is 0 Å². The van der Waals surface area contributed by atoms with E-state index in [9.17, 15) is 9.90 Å². The van der Waals surface area contributed by atoms with Crippen LogP contribution in [-0.2, 0) is 4.74 Å². The smallest absolute Gasteiger partial charge is 0.253 e. The van der Waals surface area contributed by atoms with Crippen LogP contribution in [0.4, 0.5) is 5.95 Å². The van der Waals surface area contributed by atoms with Crippen molar-refractivity contribution in [3.05, 3.63) is 30.0 Å². The molecule has 0 bridgehead atoms. The Labute approximate surface area is 183 Å². The minimum absolute atomic E-state index is 0.130. The third-order valence-electron chi connectivity index (χ3n) is 6.06. The zero-order valence-corrected chi connectivity index (χ0v) is 18.4. The molecule has 1 aromatic heterocycles. The van der Waals surface area contributed by atoms with Crippen LogP contribution < -0.4 is 10.6 Å². The molecule has 1 saturated heterocycles. The van der Waals surface area contributed by atoms with E-state index in [1.807, 2.05) is 32.0 Å². The van der Waals surface area contributed by atoms with Crippen LogP contribution in [0.2, 0.25) is 0 Å². The van der Waals surface area contributed by atoms with E-state index in [1.54, 1.807) is 6.20 Å². The van der Waals surface area contributed by atoms with Gasteiger partial charge in [0.05, 0.1) is 30.4 Å². The van der Waals surface area contributed by atoms with E-state index in [2.05, 4.69) is 25.5 Å². The fraction of sp³-hybridized carbons (Fsp3) is 0.609. The number of carbonyl (C=O) groups is 1. The summed E-state index contributed by atoms with van der Waals surface area (Å²) in [6.45, 7) is 8.10. The predicted octanol–water partition coefficient (Wildman–Crippen LogP) is 2.19. The van der Waals surface area contributed by atoms with E-state index < -0.39 is 0 Å². The number of rotatable bonds is 6. The van der Waals surface area contributed by atoms with Crippen molar-refractivity contribution in [2.24, 2.45) is 0 Å². The van der Waals surface area contributed by atoms with Gasteiger partial charge in [-0.05, 0) is 45.6 Å². The normalized spacial score (nSPS) is 22.9. The molecule has 3 N–H and O–H groups in total. The number of para-hydroxylation sites is 1. The van der Waals surface area contributed by atoms with Crippen molar-refractivity contribution >= 4 is 22.8 Å². The standard InChI is InChI=1S/C23H33N5O3/c1-23(2,15-28-10-12-31-13-11-28)27-21(30)19-5-3-4-16-14-24-22(26-20(16)19)25-17-6-8-18(29)9-7-17/h3-5,14,17-18,29H,6-13,15H2,1-2H3,(H,27,30)(H,24,25,26)/t17-,18-. The molecule has 168 valence electrons. The van der Waals surface area contributed by atoms with E-state index in [1.165, 1.54) is 0 Å². The van der Waals surface area contributed by atoms with Crippen LogP contribution in [0.1, 0.15) is 49.9 Å². The summed E-state index contributed by atoms with van der Waals surface area (Å²) in [6, 6.07) is 5.85. The number of morpholine rings is 1. The van der Waals surface area contributed by atoms with Crippen molar-refractivity contribution in [2.45, 2.75) is 57.2 Å². The Morgan fingerprint density at radius 3 is 2.71 bits per heavy atom. The highest BCUT2D eigenvalue weighted by atomic mass is 16.5. The van der Waals surface area contributed by atoms with Crippen molar-refractivity contribution < 1.29 is 14.6 Å². The highest BCUT2D eigenvalue weighted by molar-refractivity contribution is 6.05. The van der Waals surface area contributed by atoms with Gasteiger partial charge in [-0.3, -0.25) is 9.69 Å². The molecule has 8 heteroatoms. The second-order valence-electron chi connectivity index (χ2n) is 9.31. The van der Waals surface area contributed by atoms with Crippen molar-refractivity contribution in [1.82, 2.24) is 20.2 Å². The second kappa shape index (κ2) is 9.46. The second-order valence-corrected chi connectivity index (χ2v) is 9.31. The summed E-state index contributed by atoms with van der Waals surface area (Å²) in [5.41, 5.74) is 0.820. The van der Waals surface area contributed by atoms with Gasteiger partial charge in [0, 0.05) is 42.8 Å². The Morgan fingerprint density at radius 2 is 1.97 bits per heavy atom. The Kier molecular flexibility index (Phi) is 6.69. The molecule has 0 spiro atoms. The molecular weight excluding hydrogens is 394 g/mol. The molecule has 4 rings (SSSR count). The molecule has 0 atom stereocenters. The zero-order valence-electron chi connectivity index (χ0n) is 18.4. The Bertz CT molecular complexity index is 905. The van der Waals surface area contributed by atoms with Gasteiger partial charge in [0.2, 0.25) is 5.95 Å². The Morgan fingerprint density at radius 1 is 1.23 bits per heavy atom. The monoisotopic (exact) mass is 427 g/mol. The fourth-order valence-corrected chi connectivity index (χ4v) is 4.44. The number of hydrogen-bond donors (Lipinski definition) is 3. The van der Waals surface area contributed by atoms with Gasteiger partial charge in [-0.2, -0.15) is 0 Å². The molecule has 1 amide bonds. The van der Waals surface area contributed by atoms with Crippen LogP contribution >= 0.6 is 0 Å². The quantitative estimate of drug-likeness (QED) is 0.650. The molecule has 1 aliphatic carbocycles. The lowest BCUT2D eigenvalue weighted by Crippen LogP contribution is -2.53.